The van der Waals surface area contributed by atoms with Crippen molar-refractivity contribution >= 4 is 11.7 Å². The van der Waals surface area contributed by atoms with E-state index in [1.54, 1.807) is 0 Å². The molecule has 1 aromatic heterocycles. The quantitative estimate of drug-likeness (QED) is 0.736. The van der Waals surface area contributed by atoms with Gasteiger partial charge in [-0.25, -0.2) is 4.98 Å². The number of piperidine rings is 1. The Morgan fingerprint density at radius 1 is 1.08 bits per heavy atom. The number of ether oxygens (including phenoxy) is 2. The third-order valence-electron chi connectivity index (χ3n) is 4.31. The number of nitrogens with zero attached hydrogens (tertiary/aromatic N) is 2. The van der Waals surface area contributed by atoms with Crippen LogP contribution >= 0.6 is 0 Å². The van der Waals surface area contributed by atoms with Gasteiger partial charge in [-0.3, -0.25) is 4.79 Å². The molecule has 0 spiro atoms. The van der Waals surface area contributed by atoms with E-state index in [-0.39, 0.29) is 18.6 Å². The van der Waals surface area contributed by atoms with E-state index in [1.807, 2.05) is 54.7 Å². The van der Waals surface area contributed by atoms with E-state index in [9.17, 15) is 4.79 Å². The number of carbonyl (C=O) groups excluding carboxylic acids is 1. The Balaban J connectivity index is 1.27. The van der Waals surface area contributed by atoms with Crippen LogP contribution in [0.25, 0.3) is 0 Å². The summed E-state index contributed by atoms with van der Waals surface area (Å²) in [5, 5.41) is 3.05. The number of nitrogens with one attached hydrogen (secondary N) is 1. The molecule has 1 amide bonds. The average molecular weight is 355 g/mol. The molecule has 0 unspecified atom stereocenters. The van der Waals surface area contributed by atoms with E-state index in [4.69, 9.17) is 9.47 Å². The van der Waals surface area contributed by atoms with E-state index in [0.717, 1.165) is 37.5 Å². The van der Waals surface area contributed by atoms with Gasteiger partial charge >= 0.3 is 0 Å². The lowest BCUT2D eigenvalue weighted by molar-refractivity contribution is -0.126. The van der Waals surface area contributed by atoms with Crippen molar-refractivity contribution in [2.24, 2.45) is 0 Å². The Morgan fingerprint density at radius 3 is 2.58 bits per heavy atom. The monoisotopic (exact) mass is 355 g/mol. The number of pyridine rings is 1. The van der Waals surface area contributed by atoms with Crippen molar-refractivity contribution in [3.8, 4) is 5.75 Å². The number of para-hydroxylation sites is 1. The minimum Gasteiger partial charge on any atom is -0.491 e. The minimum absolute atomic E-state index is 0.0681. The molecule has 1 N–H and O–H groups in total. The lowest BCUT2D eigenvalue weighted by atomic mass is 10.1. The van der Waals surface area contributed by atoms with E-state index >= 15 is 0 Å². The van der Waals surface area contributed by atoms with Gasteiger partial charge in [0, 0.05) is 25.3 Å². The van der Waals surface area contributed by atoms with Gasteiger partial charge in [0.2, 0.25) is 5.91 Å². The normalized spacial score (nSPS) is 14.8. The van der Waals surface area contributed by atoms with Crippen LogP contribution in [0.4, 0.5) is 5.82 Å². The second kappa shape index (κ2) is 9.77. The Hall–Kier alpha value is -2.60. The van der Waals surface area contributed by atoms with Crippen LogP contribution < -0.4 is 15.0 Å². The van der Waals surface area contributed by atoms with Crippen LogP contribution in [0.2, 0.25) is 0 Å². The van der Waals surface area contributed by atoms with Gasteiger partial charge in [-0.05, 0) is 37.1 Å². The van der Waals surface area contributed by atoms with Crippen molar-refractivity contribution in [2.45, 2.75) is 18.9 Å². The highest BCUT2D eigenvalue weighted by Gasteiger charge is 2.21. The molecular weight excluding hydrogens is 330 g/mol. The molecule has 26 heavy (non-hydrogen) atoms. The molecule has 0 aliphatic carbocycles. The first-order chi connectivity index (χ1) is 12.8. The molecule has 0 radical (unpaired) electrons. The van der Waals surface area contributed by atoms with Gasteiger partial charge in [0.15, 0.2) is 0 Å². The third-order valence-corrected chi connectivity index (χ3v) is 4.31. The third kappa shape index (κ3) is 5.74. The van der Waals surface area contributed by atoms with Crippen LogP contribution in [0.5, 0.6) is 5.75 Å². The SMILES string of the molecule is O=C(COCCOc1ccccc1)NC1CCN(c2ccccn2)CC1. The first-order valence-electron chi connectivity index (χ1n) is 9.02. The number of hydrogen-bond acceptors (Lipinski definition) is 5. The Bertz CT molecular complexity index is 659. The molecule has 2 aromatic rings. The summed E-state index contributed by atoms with van der Waals surface area (Å²) in [5.41, 5.74) is 0. The highest BCUT2D eigenvalue weighted by molar-refractivity contribution is 5.77. The van der Waals surface area contributed by atoms with Gasteiger partial charge in [0.1, 0.15) is 24.8 Å². The maximum Gasteiger partial charge on any atom is 0.246 e. The van der Waals surface area contributed by atoms with Crippen molar-refractivity contribution in [1.82, 2.24) is 10.3 Å². The standard InChI is InChI=1S/C20H25N3O3/c24-20(16-25-14-15-26-18-6-2-1-3-7-18)22-17-9-12-23(13-10-17)19-8-4-5-11-21-19/h1-8,11,17H,9-10,12-16H2,(H,22,24). The van der Waals surface area contributed by atoms with Gasteiger partial charge in [-0.15, -0.1) is 0 Å². The highest BCUT2D eigenvalue weighted by atomic mass is 16.5. The molecule has 1 aliphatic heterocycles. The minimum atomic E-state index is -0.0685. The van der Waals surface area contributed by atoms with Crippen molar-refractivity contribution in [3.63, 3.8) is 0 Å². The van der Waals surface area contributed by atoms with Gasteiger partial charge < -0.3 is 19.7 Å². The summed E-state index contributed by atoms with van der Waals surface area (Å²) >= 11 is 0. The zero-order chi connectivity index (χ0) is 18.0. The zero-order valence-corrected chi connectivity index (χ0v) is 14.8. The summed E-state index contributed by atoms with van der Waals surface area (Å²) in [6.07, 6.45) is 3.64. The number of rotatable bonds is 8. The fourth-order valence-electron chi connectivity index (χ4n) is 2.96. The van der Waals surface area contributed by atoms with Crippen LogP contribution in [0.1, 0.15) is 12.8 Å². The fraction of sp³-hybridized carbons (Fsp3) is 0.400. The number of amides is 1. The summed E-state index contributed by atoms with van der Waals surface area (Å²) in [6.45, 7) is 2.68. The maximum atomic E-state index is 12.0. The topological polar surface area (TPSA) is 63.7 Å². The molecule has 138 valence electrons. The number of carbonyl (C=O) groups is 1. The van der Waals surface area contributed by atoms with Gasteiger partial charge in [0.25, 0.3) is 0 Å². The fourth-order valence-corrected chi connectivity index (χ4v) is 2.96. The predicted octanol–water partition coefficient (Wildman–Crippen LogP) is 2.26. The zero-order valence-electron chi connectivity index (χ0n) is 14.8. The summed E-state index contributed by atoms with van der Waals surface area (Å²) < 4.78 is 10.9. The smallest absolute Gasteiger partial charge is 0.246 e. The van der Waals surface area contributed by atoms with Crippen molar-refractivity contribution in [3.05, 3.63) is 54.7 Å². The molecule has 1 aliphatic rings. The molecule has 0 saturated carbocycles. The first-order valence-corrected chi connectivity index (χ1v) is 9.02. The Morgan fingerprint density at radius 2 is 1.85 bits per heavy atom. The number of aromatic nitrogens is 1. The van der Waals surface area contributed by atoms with Gasteiger partial charge in [0.05, 0.1) is 6.61 Å². The largest absolute Gasteiger partial charge is 0.491 e. The predicted molar refractivity (Wildman–Crippen MR) is 100 cm³/mol. The average Bonchev–Trinajstić information content (AvgIpc) is 2.70. The van der Waals surface area contributed by atoms with Crippen LogP contribution in [0.3, 0.4) is 0 Å². The first kappa shape index (κ1) is 18.2. The van der Waals surface area contributed by atoms with Crippen LogP contribution in [-0.2, 0) is 9.53 Å². The van der Waals surface area contributed by atoms with Gasteiger partial charge in [-0.1, -0.05) is 24.3 Å². The highest BCUT2D eigenvalue weighted by Crippen LogP contribution is 2.17. The van der Waals surface area contributed by atoms with Crippen LogP contribution in [-0.4, -0.2) is 49.8 Å². The maximum absolute atomic E-state index is 12.0. The lowest BCUT2D eigenvalue weighted by Crippen LogP contribution is -2.46. The van der Waals surface area contributed by atoms with Crippen molar-refractivity contribution in [1.29, 1.82) is 0 Å². The molecule has 6 heteroatoms. The van der Waals surface area contributed by atoms with E-state index in [0.29, 0.717) is 13.2 Å². The molecule has 3 rings (SSSR count). The summed E-state index contributed by atoms with van der Waals surface area (Å²) in [7, 11) is 0. The molecule has 0 bridgehead atoms. The van der Waals surface area contributed by atoms with E-state index in [2.05, 4.69) is 15.2 Å². The van der Waals surface area contributed by atoms with Gasteiger partial charge in [-0.2, -0.15) is 0 Å². The summed E-state index contributed by atoms with van der Waals surface area (Å²) in [6, 6.07) is 15.7. The van der Waals surface area contributed by atoms with E-state index in [1.165, 1.54) is 0 Å². The summed E-state index contributed by atoms with van der Waals surface area (Å²) in [5.74, 6) is 1.74. The van der Waals surface area contributed by atoms with Crippen molar-refractivity contribution in [2.75, 3.05) is 37.8 Å². The van der Waals surface area contributed by atoms with E-state index < -0.39 is 0 Å². The second-order valence-corrected chi connectivity index (χ2v) is 6.23. The molecule has 1 aromatic carbocycles. The van der Waals surface area contributed by atoms with Crippen LogP contribution in [0.15, 0.2) is 54.7 Å². The molecule has 6 nitrogen and oxygen atoms in total. The Kier molecular flexibility index (Phi) is 6.84. The molecule has 2 heterocycles. The number of anilines is 1. The molecule has 1 saturated heterocycles. The molecular formula is C20H25N3O3. The molecule has 1 fully saturated rings. The summed E-state index contributed by atoms with van der Waals surface area (Å²) in [4.78, 5) is 18.6. The number of hydrogen-bond donors (Lipinski definition) is 1. The second-order valence-electron chi connectivity index (χ2n) is 6.23. The number of benzene rings is 1. The molecule has 0 atom stereocenters. The lowest BCUT2D eigenvalue weighted by Gasteiger charge is -2.33. The Labute approximate surface area is 154 Å². The van der Waals surface area contributed by atoms with Crippen molar-refractivity contribution < 1.29 is 14.3 Å². The van der Waals surface area contributed by atoms with Crippen LogP contribution in [0, 0.1) is 0 Å².